The number of nitrogens with zero attached hydrogens (tertiary/aromatic N) is 2. The van der Waals surface area contributed by atoms with Crippen LogP contribution < -0.4 is 5.32 Å². The van der Waals surface area contributed by atoms with E-state index in [2.05, 4.69) is 15.3 Å². The molecule has 2 aromatic heterocycles. The highest BCUT2D eigenvalue weighted by Crippen LogP contribution is 2.27. The van der Waals surface area contributed by atoms with Gasteiger partial charge in [-0.1, -0.05) is 36.4 Å². The van der Waals surface area contributed by atoms with Crippen LogP contribution in [0.3, 0.4) is 0 Å². The van der Waals surface area contributed by atoms with E-state index in [9.17, 15) is 9.59 Å². The normalized spacial score (nSPS) is 10.6. The maximum atomic E-state index is 12.2. The zero-order valence-electron chi connectivity index (χ0n) is 16.5. The Morgan fingerprint density at radius 2 is 1.53 bits per heavy atom. The molecular formula is C24H19N3O3. The summed E-state index contributed by atoms with van der Waals surface area (Å²) >= 11 is 0. The van der Waals surface area contributed by atoms with Crippen LogP contribution in [0.15, 0.2) is 73.1 Å². The van der Waals surface area contributed by atoms with E-state index in [1.807, 2.05) is 36.4 Å². The standard InChI is InChI=1S/C24H19N3O3/c1-25-23(28)18-9-5-16(6-10-18)15-3-7-17(8-4-15)22-13-19(24(29)30-2)20-14-26-12-11-21(20)27-22/h3-14H,1-2H3,(H,25,28). The van der Waals surface area contributed by atoms with Gasteiger partial charge in [-0.15, -0.1) is 0 Å². The molecule has 6 nitrogen and oxygen atoms in total. The number of rotatable bonds is 4. The Morgan fingerprint density at radius 1 is 0.900 bits per heavy atom. The molecule has 1 amide bonds. The number of hydrogen-bond acceptors (Lipinski definition) is 5. The minimum absolute atomic E-state index is 0.115. The number of aromatic nitrogens is 2. The SMILES string of the molecule is CNC(=O)c1ccc(-c2ccc(-c3cc(C(=O)OC)c4cnccc4n3)cc2)cc1. The van der Waals surface area contributed by atoms with Crippen LogP contribution in [0.1, 0.15) is 20.7 Å². The lowest BCUT2D eigenvalue weighted by molar-refractivity contribution is 0.0602. The summed E-state index contributed by atoms with van der Waals surface area (Å²) in [6.45, 7) is 0. The summed E-state index contributed by atoms with van der Waals surface area (Å²) in [5.41, 5.74) is 5.29. The van der Waals surface area contributed by atoms with Crippen molar-refractivity contribution in [3.05, 3.63) is 84.2 Å². The number of methoxy groups -OCH3 is 1. The summed E-state index contributed by atoms with van der Waals surface area (Å²) in [6.07, 6.45) is 3.26. The van der Waals surface area contributed by atoms with E-state index in [1.54, 1.807) is 43.7 Å². The summed E-state index contributed by atoms with van der Waals surface area (Å²) in [7, 11) is 2.97. The molecule has 0 unspecified atom stereocenters. The molecule has 0 spiro atoms. The van der Waals surface area contributed by atoms with Crippen molar-refractivity contribution in [3.63, 3.8) is 0 Å². The fraction of sp³-hybridized carbons (Fsp3) is 0.0833. The molecular weight excluding hydrogens is 378 g/mol. The number of esters is 1. The Kier molecular flexibility index (Phi) is 5.22. The van der Waals surface area contributed by atoms with Gasteiger partial charge >= 0.3 is 5.97 Å². The summed E-state index contributed by atoms with van der Waals surface area (Å²) in [6, 6.07) is 18.8. The number of carbonyl (C=O) groups is 2. The van der Waals surface area contributed by atoms with Gasteiger partial charge in [-0.3, -0.25) is 9.78 Å². The molecule has 0 saturated carbocycles. The molecule has 148 valence electrons. The second-order valence-electron chi connectivity index (χ2n) is 6.67. The van der Waals surface area contributed by atoms with Crippen molar-refractivity contribution in [1.82, 2.24) is 15.3 Å². The lowest BCUT2D eigenvalue weighted by Gasteiger charge is -2.09. The molecule has 30 heavy (non-hydrogen) atoms. The Morgan fingerprint density at radius 3 is 2.17 bits per heavy atom. The van der Waals surface area contributed by atoms with E-state index in [1.165, 1.54) is 7.11 Å². The first-order chi connectivity index (χ1) is 14.6. The van der Waals surface area contributed by atoms with E-state index in [0.29, 0.717) is 27.7 Å². The molecule has 0 fully saturated rings. The fourth-order valence-electron chi connectivity index (χ4n) is 3.29. The van der Waals surface area contributed by atoms with Crippen molar-refractivity contribution in [2.75, 3.05) is 14.2 Å². The topological polar surface area (TPSA) is 81.2 Å². The maximum absolute atomic E-state index is 12.2. The number of carbonyl (C=O) groups excluding carboxylic acids is 2. The van der Waals surface area contributed by atoms with Crippen LogP contribution >= 0.6 is 0 Å². The van der Waals surface area contributed by atoms with Gasteiger partial charge in [0.05, 0.1) is 23.9 Å². The van der Waals surface area contributed by atoms with Gasteiger partial charge in [0.25, 0.3) is 5.91 Å². The highest BCUT2D eigenvalue weighted by Gasteiger charge is 2.14. The van der Waals surface area contributed by atoms with Gasteiger partial charge in [0.1, 0.15) is 0 Å². The van der Waals surface area contributed by atoms with Crippen LogP contribution in [-0.4, -0.2) is 36.0 Å². The molecule has 4 rings (SSSR count). The van der Waals surface area contributed by atoms with Gasteiger partial charge in [-0.25, -0.2) is 9.78 Å². The van der Waals surface area contributed by atoms with Crippen LogP contribution in [0, 0.1) is 0 Å². The molecule has 0 aliphatic carbocycles. The molecule has 0 bridgehead atoms. The van der Waals surface area contributed by atoms with Crippen molar-refractivity contribution in [1.29, 1.82) is 0 Å². The van der Waals surface area contributed by atoms with Crippen molar-refractivity contribution in [2.45, 2.75) is 0 Å². The Bertz CT molecular complexity index is 1230. The minimum Gasteiger partial charge on any atom is -0.465 e. The average Bonchev–Trinajstić information content (AvgIpc) is 2.82. The largest absolute Gasteiger partial charge is 0.465 e. The number of hydrogen-bond donors (Lipinski definition) is 1. The fourth-order valence-corrected chi connectivity index (χ4v) is 3.29. The van der Waals surface area contributed by atoms with E-state index in [-0.39, 0.29) is 5.91 Å². The maximum Gasteiger partial charge on any atom is 0.338 e. The first kappa shape index (κ1) is 19.3. The molecule has 6 heteroatoms. The summed E-state index contributed by atoms with van der Waals surface area (Å²) in [5.74, 6) is -0.541. The Labute approximate surface area is 173 Å². The van der Waals surface area contributed by atoms with Crippen molar-refractivity contribution in [3.8, 4) is 22.4 Å². The van der Waals surface area contributed by atoms with Crippen LogP contribution in [0.2, 0.25) is 0 Å². The lowest BCUT2D eigenvalue weighted by atomic mass is 10.00. The highest BCUT2D eigenvalue weighted by molar-refractivity contribution is 6.04. The van der Waals surface area contributed by atoms with E-state index < -0.39 is 5.97 Å². The van der Waals surface area contributed by atoms with Gasteiger partial charge in [-0.2, -0.15) is 0 Å². The van der Waals surface area contributed by atoms with Crippen molar-refractivity contribution >= 4 is 22.8 Å². The van der Waals surface area contributed by atoms with Gasteiger partial charge < -0.3 is 10.1 Å². The number of amides is 1. The number of fused-ring (bicyclic) bond motifs is 1. The third-order valence-electron chi connectivity index (χ3n) is 4.90. The van der Waals surface area contributed by atoms with Crippen LogP contribution in [0.4, 0.5) is 0 Å². The second kappa shape index (κ2) is 8.13. The van der Waals surface area contributed by atoms with Crippen LogP contribution in [0.25, 0.3) is 33.3 Å². The first-order valence-corrected chi connectivity index (χ1v) is 9.37. The monoisotopic (exact) mass is 397 g/mol. The van der Waals surface area contributed by atoms with Crippen LogP contribution in [0.5, 0.6) is 0 Å². The Hall–Kier alpha value is -4.06. The van der Waals surface area contributed by atoms with Gasteiger partial charge in [0.15, 0.2) is 0 Å². The van der Waals surface area contributed by atoms with E-state index >= 15 is 0 Å². The zero-order valence-corrected chi connectivity index (χ0v) is 16.5. The summed E-state index contributed by atoms with van der Waals surface area (Å²) in [4.78, 5) is 32.7. The molecule has 1 N–H and O–H groups in total. The predicted molar refractivity (Wildman–Crippen MR) is 115 cm³/mol. The number of pyridine rings is 2. The van der Waals surface area contributed by atoms with Gasteiger partial charge in [-0.05, 0) is 35.4 Å². The Balaban J connectivity index is 1.70. The summed E-state index contributed by atoms with van der Waals surface area (Å²) < 4.78 is 4.92. The first-order valence-electron chi connectivity index (χ1n) is 9.37. The molecule has 0 aliphatic rings. The molecule has 0 aliphatic heterocycles. The highest BCUT2D eigenvalue weighted by atomic mass is 16.5. The summed E-state index contributed by atoms with van der Waals surface area (Å²) in [5, 5.41) is 3.27. The van der Waals surface area contributed by atoms with E-state index in [0.717, 1.165) is 16.7 Å². The average molecular weight is 397 g/mol. The van der Waals surface area contributed by atoms with Gasteiger partial charge in [0.2, 0.25) is 0 Å². The number of ether oxygens (including phenoxy) is 1. The quantitative estimate of drug-likeness (QED) is 0.524. The number of nitrogens with one attached hydrogen (secondary N) is 1. The third kappa shape index (κ3) is 3.63. The van der Waals surface area contributed by atoms with Crippen LogP contribution in [-0.2, 0) is 4.74 Å². The smallest absolute Gasteiger partial charge is 0.338 e. The minimum atomic E-state index is -0.426. The zero-order chi connectivity index (χ0) is 21.1. The molecule has 2 heterocycles. The molecule has 0 atom stereocenters. The number of benzene rings is 2. The second-order valence-corrected chi connectivity index (χ2v) is 6.67. The molecule has 4 aromatic rings. The van der Waals surface area contributed by atoms with Crippen molar-refractivity contribution in [2.24, 2.45) is 0 Å². The van der Waals surface area contributed by atoms with E-state index in [4.69, 9.17) is 4.74 Å². The molecule has 0 saturated heterocycles. The van der Waals surface area contributed by atoms with Gasteiger partial charge in [0, 0.05) is 36.0 Å². The lowest BCUT2D eigenvalue weighted by Crippen LogP contribution is -2.17. The third-order valence-corrected chi connectivity index (χ3v) is 4.90. The molecule has 2 aromatic carbocycles. The molecule has 0 radical (unpaired) electrons. The van der Waals surface area contributed by atoms with Crippen molar-refractivity contribution < 1.29 is 14.3 Å². The predicted octanol–water partition coefficient (Wildman–Crippen LogP) is 4.11.